The summed E-state index contributed by atoms with van der Waals surface area (Å²) in [5.74, 6) is 0. The van der Waals surface area contributed by atoms with Crippen LogP contribution in [0.1, 0.15) is 25.7 Å². The molecule has 82 valence electrons. The van der Waals surface area contributed by atoms with Crippen LogP contribution in [0.15, 0.2) is 24.3 Å². The maximum Gasteiger partial charge on any atom is 0.0741 e. The van der Waals surface area contributed by atoms with Gasteiger partial charge in [-0.1, -0.05) is 12.8 Å². The quantitative estimate of drug-likeness (QED) is 0.648. The Hall–Kier alpha value is -1.22. The van der Waals surface area contributed by atoms with E-state index in [1.165, 1.54) is 6.42 Å². The third-order valence-electron chi connectivity index (χ3n) is 2.99. The first kappa shape index (κ1) is 10.3. The number of nitrogen functional groups attached to an aromatic ring is 1. The van der Waals surface area contributed by atoms with E-state index in [2.05, 4.69) is 5.32 Å². The summed E-state index contributed by atoms with van der Waals surface area (Å²) >= 11 is 0. The molecule has 2 atom stereocenters. The fourth-order valence-corrected chi connectivity index (χ4v) is 2.07. The molecule has 0 aromatic heterocycles. The number of anilines is 2. The summed E-state index contributed by atoms with van der Waals surface area (Å²) in [5, 5.41) is 13.1. The molecule has 15 heavy (non-hydrogen) atoms. The summed E-state index contributed by atoms with van der Waals surface area (Å²) in [4.78, 5) is 0. The van der Waals surface area contributed by atoms with Gasteiger partial charge in [0, 0.05) is 11.4 Å². The van der Waals surface area contributed by atoms with Crippen molar-refractivity contribution in [3.8, 4) is 0 Å². The van der Waals surface area contributed by atoms with Gasteiger partial charge in [-0.2, -0.15) is 0 Å². The molecule has 0 aliphatic heterocycles. The average molecular weight is 206 g/mol. The van der Waals surface area contributed by atoms with Gasteiger partial charge in [-0.3, -0.25) is 0 Å². The van der Waals surface area contributed by atoms with Crippen LogP contribution in [-0.2, 0) is 0 Å². The lowest BCUT2D eigenvalue weighted by Crippen LogP contribution is -2.36. The molecule has 0 spiro atoms. The van der Waals surface area contributed by atoms with Gasteiger partial charge in [0.25, 0.3) is 0 Å². The van der Waals surface area contributed by atoms with Gasteiger partial charge in [-0.05, 0) is 37.1 Å². The average Bonchev–Trinajstić information content (AvgIpc) is 2.25. The number of hydrogen-bond donors (Lipinski definition) is 3. The Morgan fingerprint density at radius 3 is 2.47 bits per heavy atom. The van der Waals surface area contributed by atoms with E-state index in [0.717, 1.165) is 30.6 Å². The van der Waals surface area contributed by atoms with Crippen LogP contribution in [0.4, 0.5) is 11.4 Å². The maximum absolute atomic E-state index is 9.80. The monoisotopic (exact) mass is 206 g/mol. The Bertz CT molecular complexity index is 310. The number of aliphatic hydroxyl groups excluding tert-OH is 1. The van der Waals surface area contributed by atoms with Crippen molar-refractivity contribution in [2.75, 3.05) is 11.1 Å². The minimum absolute atomic E-state index is 0.197. The van der Waals surface area contributed by atoms with Crippen molar-refractivity contribution in [3.63, 3.8) is 0 Å². The lowest BCUT2D eigenvalue weighted by Gasteiger charge is -2.29. The molecule has 1 fully saturated rings. The first-order valence-corrected chi connectivity index (χ1v) is 5.56. The van der Waals surface area contributed by atoms with Gasteiger partial charge in [-0.25, -0.2) is 0 Å². The molecule has 0 bridgehead atoms. The van der Waals surface area contributed by atoms with Crippen LogP contribution in [0, 0.1) is 0 Å². The highest BCUT2D eigenvalue weighted by molar-refractivity contribution is 5.51. The third kappa shape index (κ3) is 2.63. The molecule has 2 unspecified atom stereocenters. The van der Waals surface area contributed by atoms with Crippen LogP contribution < -0.4 is 11.1 Å². The van der Waals surface area contributed by atoms with E-state index in [1.54, 1.807) is 0 Å². The van der Waals surface area contributed by atoms with Crippen molar-refractivity contribution in [1.29, 1.82) is 0 Å². The van der Waals surface area contributed by atoms with Gasteiger partial charge in [0.15, 0.2) is 0 Å². The van der Waals surface area contributed by atoms with Crippen LogP contribution in [0.5, 0.6) is 0 Å². The van der Waals surface area contributed by atoms with Crippen molar-refractivity contribution in [1.82, 2.24) is 0 Å². The standard InChI is InChI=1S/C12H18N2O/c13-9-5-7-10(8-6-9)14-11-3-1-2-4-12(11)15/h5-8,11-12,14-15H,1-4,13H2. The normalized spacial score (nSPS) is 26.2. The van der Waals surface area contributed by atoms with Crippen LogP contribution in [-0.4, -0.2) is 17.3 Å². The molecular formula is C12H18N2O. The number of aliphatic hydroxyl groups is 1. The molecule has 3 nitrogen and oxygen atoms in total. The lowest BCUT2D eigenvalue weighted by molar-refractivity contribution is 0.116. The van der Waals surface area contributed by atoms with E-state index in [1.807, 2.05) is 24.3 Å². The number of nitrogens with one attached hydrogen (secondary N) is 1. The van der Waals surface area contributed by atoms with Crippen LogP contribution >= 0.6 is 0 Å². The van der Waals surface area contributed by atoms with E-state index in [-0.39, 0.29) is 12.1 Å². The fourth-order valence-electron chi connectivity index (χ4n) is 2.07. The molecule has 1 saturated carbocycles. The summed E-state index contributed by atoms with van der Waals surface area (Å²) in [6.07, 6.45) is 4.08. The number of rotatable bonds is 2. The summed E-state index contributed by atoms with van der Waals surface area (Å²) in [6, 6.07) is 7.85. The highest BCUT2D eigenvalue weighted by Gasteiger charge is 2.22. The SMILES string of the molecule is Nc1ccc(NC2CCCCC2O)cc1. The number of hydrogen-bond acceptors (Lipinski definition) is 3. The maximum atomic E-state index is 9.80. The first-order chi connectivity index (χ1) is 7.25. The van der Waals surface area contributed by atoms with Crippen LogP contribution in [0.25, 0.3) is 0 Å². The zero-order valence-electron chi connectivity index (χ0n) is 8.82. The number of nitrogens with two attached hydrogens (primary N) is 1. The van der Waals surface area contributed by atoms with Gasteiger partial charge < -0.3 is 16.2 Å². The molecule has 0 amide bonds. The zero-order chi connectivity index (χ0) is 10.7. The minimum Gasteiger partial charge on any atom is -0.399 e. The zero-order valence-corrected chi connectivity index (χ0v) is 8.82. The minimum atomic E-state index is -0.212. The van der Waals surface area contributed by atoms with E-state index in [4.69, 9.17) is 5.73 Å². The second-order valence-corrected chi connectivity index (χ2v) is 4.22. The Morgan fingerprint density at radius 1 is 1.13 bits per heavy atom. The third-order valence-corrected chi connectivity index (χ3v) is 2.99. The van der Waals surface area contributed by atoms with Crippen molar-refractivity contribution < 1.29 is 5.11 Å². The van der Waals surface area contributed by atoms with Crippen molar-refractivity contribution in [2.45, 2.75) is 37.8 Å². The highest BCUT2D eigenvalue weighted by Crippen LogP contribution is 2.22. The van der Waals surface area contributed by atoms with Crippen molar-refractivity contribution in [3.05, 3.63) is 24.3 Å². The highest BCUT2D eigenvalue weighted by atomic mass is 16.3. The molecule has 1 aromatic carbocycles. The largest absolute Gasteiger partial charge is 0.399 e. The van der Waals surface area contributed by atoms with Gasteiger partial charge in [0.2, 0.25) is 0 Å². The molecule has 1 aromatic rings. The molecule has 2 rings (SSSR count). The van der Waals surface area contributed by atoms with Gasteiger partial charge in [0.05, 0.1) is 12.1 Å². The molecule has 0 heterocycles. The van der Waals surface area contributed by atoms with Gasteiger partial charge in [-0.15, -0.1) is 0 Å². The second-order valence-electron chi connectivity index (χ2n) is 4.22. The summed E-state index contributed by atoms with van der Waals surface area (Å²) < 4.78 is 0. The molecule has 0 saturated heterocycles. The summed E-state index contributed by atoms with van der Waals surface area (Å²) in [5.41, 5.74) is 7.42. The molecule has 3 heteroatoms. The lowest BCUT2D eigenvalue weighted by atomic mass is 9.92. The Kier molecular flexibility index (Phi) is 3.11. The molecule has 1 aliphatic carbocycles. The van der Waals surface area contributed by atoms with Crippen LogP contribution in [0.3, 0.4) is 0 Å². The number of benzene rings is 1. The molecule has 1 aliphatic rings. The topological polar surface area (TPSA) is 58.3 Å². The predicted octanol–water partition coefficient (Wildman–Crippen LogP) is 1.98. The summed E-state index contributed by atoms with van der Waals surface area (Å²) in [7, 11) is 0. The second kappa shape index (κ2) is 4.53. The van der Waals surface area contributed by atoms with E-state index in [0.29, 0.717) is 0 Å². The van der Waals surface area contributed by atoms with Crippen molar-refractivity contribution in [2.24, 2.45) is 0 Å². The van der Waals surface area contributed by atoms with E-state index in [9.17, 15) is 5.11 Å². The van der Waals surface area contributed by atoms with E-state index >= 15 is 0 Å². The molecular weight excluding hydrogens is 188 g/mol. The molecule has 0 radical (unpaired) electrons. The Labute approximate surface area is 90.3 Å². The van der Waals surface area contributed by atoms with Gasteiger partial charge in [0.1, 0.15) is 0 Å². The Balaban J connectivity index is 1.98. The van der Waals surface area contributed by atoms with Crippen LogP contribution in [0.2, 0.25) is 0 Å². The molecule has 4 N–H and O–H groups in total. The van der Waals surface area contributed by atoms with Gasteiger partial charge >= 0.3 is 0 Å². The fraction of sp³-hybridized carbons (Fsp3) is 0.500. The van der Waals surface area contributed by atoms with E-state index < -0.39 is 0 Å². The smallest absolute Gasteiger partial charge is 0.0741 e. The Morgan fingerprint density at radius 2 is 1.80 bits per heavy atom. The predicted molar refractivity (Wildman–Crippen MR) is 62.7 cm³/mol. The summed E-state index contributed by atoms with van der Waals surface area (Å²) in [6.45, 7) is 0. The first-order valence-electron chi connectivity index (χ1n) is 5.56. The van der Waals surface area contributed by atoms with Crippen molar-refractivity contribution >= 4 is 11.4 Å².